The van der Waals surface area contributed by atoms with Crippen molar-refractivity contribution in [3.63, 3.8) is 0 Å². The van der Waals surface area contributed by atoms with Crippen LogP contribution in [0, 0.1) is 5.92 Å². The fraction of sp³-hybridized carbons (Fsp3) is 1.00. The standard InChI is InChI=1S/C9H17NO4S/c11-15(12,10-4-1-5-14-10)7-6-13-8-9-2-3-9/h9H,1-8H2. The molecule has 0 aromatic carbocycles. The predicted octanol–water partition coefficient (Wildman–Crippen LogP) is 0.380. The molecule has 1 heterocycles. The van der Waals surface area contributed by atoms with Gasteiger partial charge in [-0.25, -0.2) is 8.42 Å². The van der Waals surface area contributed by atoms with Crippen molar-refractivity contribution < 1.29 is 18.0 Å². The Kier molecular flexibility index (Phi) is 3.60. The highest BCUT2D eigenvalue weighted by molar-refractivity contribution is 7.88. The van der Waals surface area contributed by atoms with Crippen molar-refractivity contribution in [1.82, 2.24) is 4.47 Å². The normalized spacial score (nSPS) is 23.5. The SMILES string of the molecule is O=S(=O)(CCOCC1CC1)N1CCCO1. The number of hydrogen-bond donors (Lipinski definition) is 0. The van der Waals surface area contributed by atoms with E-state index in [-0.39, 0.29) is 12.4 Å². The summed E-state index contributed by atoms with van der Waals surface area (Å²) in [6.45, 7) is 1.96. The van der Waals surface area contributed by atoms with E-state index in [1.54, 1.807) is 0 Å². The molecule has 0 amide bonds. The average molecular weight is 235 g/mol. The van der Waals surface area contributed by atoms with Gasteiger partial charge in [0.2, 0.25) is 10.0 Å². The average Bonchev–Trinajstić information content (AvgIpc) is 2.83. The molecule has 1 saturated carbocycles. The third kappa shape index (κ3) is 3.41. The molecule has 1 saturated heterocycles. The maximum atomic E-state index is 11.6. The lowest BCUT2D eigenvalue weighted by atomic mass is 10.5. The molecule has 5 nitrogen and oxygen atoms in total. The maximum Gasteiger partial charge on any atom is 0.238 e. The van der Waals surface area contributed by atoms with Gasteiger partial charge >= 0.3 is 0 Å². The zero-order valence-corrected chi connectivity index (χ0v) is 9.54. The van der Waals surface area contributed by atoms with Crippen molar-refractivity contribution >= 4 is 10.0 Å². The van der Waals surface area contributed by atoms with Gasteiger partial charge in [-0.05, 0) is 25.2 Å². The highest BCUT2D eigenvalue weighted by Gasteiger charge is 2.27. The van der Waals surface area contributed by atoms with Gasteiger partial charge in [-0.1, -0.05) is 4.47 Å². The molecular weight excluding hydrogens is 218 g/mol. The summed E-state index contributed by atoms with van der Waals surface area (Å²) in [5.41, 5.74) is 0. The van der Waals surface area contributed by atoms with E-state index < -0.39 is 10.0 Å². The minimum absolute atomic E-state index is 0.0275. The zero-order chi connectivity index (χ0) is 10.7. The van der Waals surface area contributed by atoms with Crippen LogP contribution in [-0.2, 0) is 19.6 Å². The Hall–Kier alpha value is -0.170. The second kappa shape index (κ2) is 4.78. The molecule has 0 aromatic heterocycles. The summed E-state index contributed by atoms with van der Waals surface area (Å²) < 4.78 is 29.6. The first-order chi connectivity index (χ1) is 7.18. The Balaban J connectivity index is 1.66. The number of ether oxygens (including phenoxy) is 1. The van der Waals surface area contributed by atoms with E-state index in [1.807, 2.05) is 0 Å². The first kappa shape index (κ1) is 11.3. The second-order valence-electron chi connectivity index (χ2n) is 4.05. The van der Waals surface area contributed by atoms with E-state index in [9.17, 15) is 8.42 Å². The first-order valence-corrected chi connectivity index (χ1v) is 7.00. The Bertz CT molecular complexity index is 293. The summed E-state index contributed by atoms with van der Waals surface area (Å²) in [6.07, 6.45) is 3.23. The van der Waals surface area contributed by atoms with Crippen LogP contribution in [0.25, 0.3) is 0 Å². The molecule has 15 heavy (non-hydrogen) atoms. The van der Waals surface area contributed by atoms with Crippen LogP contribution in [0.5, 0.6) is 0 Å². The van der Waals surface area contributed by atoms with Crippen LogP contribution >= 0.6 is 0 Å². The van der Waals surface area contributed by atoms with Crippen molar-refractivity contribution in [1.29, 1.82) is 0 Å². The van der Waals surface area contributed by atoms with Gasteiger partial charge in [-0.3, -0.25) is 4.84 Å². The lowest BCUT2D eigenvalue weighted by Gasteiger charge is -2.13. The fourth-order valence-corrected chi connectivity index (χ4v) is 2.62. The fourth-order valence-electron chi connectivity index (χ4n) is 1.44. The highest BCUT2D eigenvalue weighted by atomic mass is 32.2. The lowest BCUT2D eigenvalue weighted by molar-refractivity contribution is -0.0290. The molecule has 0 unspecified atom stereocenters. The van der Waals surface area contributed by atoms with Gasteiger partial charge in [-0.2, -0.15) is 0 Å². The third-order valence-electron chi connectivity index (χ3n) is 2.57. The van der Waals surface area contributed by atoms with Gasteiger partial charge in [0.25, 0.3) is 0 Å². The third-order valence-corrected chi connectivity index (χ3v) is 4.16. The monoisotopic (exact) mass is 235 g/mol. The van der Waals surface area contributed by atoms with Crippen molar-refractivity contribution in [3.05, 3.63) is 0 Å². The van der Waals surface area contributed by atoms with E-state index >= 15 is 0 Å². The van der Waals surface area contributed by atoms with Crippen LogP contribution < -0.4 is 0 Å². The Morgan fingerprint density at radius 1 is 1.40 bits per heavy atom. The minimum atomic E-state index is -3.25. The molecular formula is C9H17NO4S. The van der Waals surface area contributed by atoms with E-state index in [0.717, 1.165) is 10.9 Å². The second-order valence-corrected chi connectivity index (χ2v) is 6.03. The summed E-state index contributed by atoms with van der Waals surface area (Å²) >= 11 is 0. The van der Waals surface area contributed by atoms with Crippen LogP contribution in [0.15, 0.2) is 0 Å². The van der Waals surface area contributed by atoms with Crippen molar-refractivity contribution in [3.8, 4) is 0 Å². The van der Waals surface area contributed by atoms with Gasteiger partial charge < -0.3 is 4.74 Å². The van der Waals surface area contributed by atoms with E-state index in [4.69, 9.17) is 9.57 Å². The van der Waals surface area contributed by atoms with Gasteiger partial charge in [0.15, 0.2) is 0 Å². The van der Waals surface area contributed by atoms with Crippen molar-refractivity contribution in [2.24, 2.45) is 5.92 Å². The predicted molar refractivity (Wildman–Crippen MR) is 54.6 cm³/mol. The molecule has 0 radical (unpaired) electrons. The van der Waals surface area contributed by atoms with E-state index in [1.165, 1.54) is 12.8 Å². The van der Waals surface area contributed by atoms with Gasteiger partial charge in [0, 0.05) is 13.2 Å². The smallest absolute Gasteiger partial charge is 0.238 e. The van der Waals surface area contributed by atoms with Crippen LogP contribution in [0.2, 0.25) is 0 Å². The summed E-state index contributed by atoms with van der Waals surface area (Å²) in [4.78, 5) is 5.00. The molecule has 2 fully saturated rings. The largest absolute Gasteiger partial charge is 0.380 e. The Morgan fingerprint density at radius 2 is 2.20 bits per heavy atom. The first-order valence-electron chi connectivity index (χ1n) is 5.39. The quantitative estimate of drug-likeness (QED) is 0.625. The van der Waals surface area contributed by atoms with Crippen molar-refractivity contribution in [2.45, 2.75) is 19.3 Å². The lowest BCUT2D eigenvalue weighted by Crippen LogP contribution is -2.31. The van der Waals surface area contributed by atoms with Crippen molar-refractivity contribution in [2.75, 3.05) is 32.1 Å². The molecule has 0 atom stereocenters. The number of sulfonamides is 1. The maximum absolute atomic E-state index is 11.6. The number of nitrogens with zero attached hydrogens (tertiary/aromatic N) is 1. The van der Waals surface area contributed by atoms with E-state index in [0.29, 0.717) is 25.7 Å². The zero-order valence-electron chi connectivity index (χ0n) is 8.72. The number of hydroxylamine groups is 1. The summed E-state index contributed by atoms with van der Waals surface area (Å²) in [7, 11) is -3.25. The summed E-state index contributed by atoms with van der Waals surface area (Å²) in [6, 6.07) is 0. The summed E-state index contributed by atoms with van der Waals surface area (Å²) in [5, 5.41) is 0. The molecule has 0 bridgehead atoms. The molecule has 0 aromatic rings. The van der Waals surface area contributed by atoms with Crippen LogP contribution in [0.4, 0.5) is 0 Å². The molecule has 1 aliphatic carbocycles. The number of hydrogen-bond acceptors (Lipinski definition) is 4. The number of rotatable bonds is 6. The minimum Gasteiger partial charge on any atom is -0.380 e. The van der Waals surface area contributed by atoms with E-state index in [2.05, 4.69) is 0 Å². The van der Waals surface area contributed by atoms with Crippen LogP contribution in [-0.4, -0.2) is 45.0 Å². The van der Waals surface area contributed by atoms with Crippen LogP contribution in [0.3, 0.4) is 0 Å². The Labute approximate surface area is 90.3 Å². The molecule has 0 N–H and O–H groups in total. The highest BCUT2D eigenvalue weighted by Crippen LogP contribution is 2.28. The van der Waals surface area contributed by atoms with Gasteiger partial charge in [0.05, 0.1) is 19.0 Å². The van der Waals surface area contributed by atoms with Gasteiger partial charge in [0.1, 0.15) is 0 Å². The molecule has 2 aliphatic rings. The molecule has 2 rings (SSSR count). The molecule has 0 spiro atoms. The summed E-state index contributed by atoms with van der Waals surface area (Å²) in [5.74, 6) is 0.704. The molecule has 1 aliphatic heterocycles. The Morgan fingerprint density at radius 3 is 2.80 bits per heavy atom. The van der Waals surface area contributed by atoms with Crippen LogP contribution in [0.1, 0.15) is 19.3 Å². The topological polar surface area (TPSA) is 55.8 Å². The molecule has 6 heteroatoms. The van der Waals surface area contributed by atoms with Gasteiger partial charge in [-0.15, -0.1) is 0 Å². The molecule has 88 valence electrons.